The van der Waals surface area contributed by atoms with Gasteiger partial charge in [0.05, 0.1) is 12.6 Å². The Morgan fingerprint density at radius 1 is 1.42 bits per heavy atom. The predicted octanol–water partition coefficient (Wildman–Crippen LogP) is 1.91. The molecule has 0 atom stereocenters. The molecule has 2 rings (SSSR count). The van der Waals surface area contributed by atoms with Crippen molar-refractivity contribution in [3.63, 3.8) is 0 Å². The second-order valence-corrected chi connectivity index (χ2v) is 5.06. The number of hydrogen-bond acceptors (Lipinski definition) is 5. The molecule has 0 unspecified atom stereocenters. The molecule has 1 aromatic rings. The van der Waals surface area contributed by atoms with Crippen LogP contribution in [0, 0.1) is 0 Å². The number of nitrogens with zero attached hydrogens (tertiary/aromatic N) is 1. The molecule has 0 amide bonds. The van der Waals surface area contributed by atoms with Crippen LogP contribution in [0.15, 0.2) is 18.3 Å². The molecule has 1 heterocycles. The molecule has 0 saturated heterocycles. The fourth-order valence-electron chi connectivity index (χ4n) is 2.38. The molecule has 5 nitrogen and oxygen atoms in total. The Bertz CT molecular complexity index is 442. The van der Waals surface area contributed by atoms with Crippen LogP contribution in [0.5, 0.6) is 5.88 Å². The number of hydrogen-bond donors (Lipinski definition) is 1. The lowest BCUT2D eigenvalue weighted by atomic mass is 9.83. The van der Waals surface area contributed by atoms with Crippen molar-refractivity contribution in [3.8, 4) is 5.88 Å². The molecule has 1 saturated carbocycles. The zero-order valence-electron chi connectivity index (χ0n) is 11.2. The van der Waals surface area contributed by atoms with Crippen molar-refractivity contribution in [2.24, 2.45) is 5.73 Å². The summed E-state index contributed by atoms with van der Waals surface area (Å²) in [6.45, 7) is 0.383. The average molecular weight is 264 g/mol. The topological polar surface area (TPSA) is 74.4 Å². The van der Waals surface area contributed by atoms with E-state index in [2.05, 4.69) is 4.98 Å². The highest BCUT2D eigenvalue weighted by Gasteiger charge is 2.29. The van der Waals surface area contributed by atoms with E-state index in [4.69, 9.17) is 15.2 Å². The van der Waals surface area contributed by atoms with E-state index in [1.165, 1.54) is 13.5 Å². The van der Waals surface area contributed by atoms with Gasteiger partial charge in [-0.2, -0.15) is 0 Å². The zero-order valence-corrected chi connectivity index (χ0v) is 11.2. The highest BCUT2D eigenvalue weighted by atomic mass is 16.5. The monoisotopic (exact) mass is 264 g/mol. The standard InChI is InChI=1S/C14H20N2O3/c1-18-13(17)11-6-5-9-16-12(11)19-10-14(15)7-3-2-4-8-14/h5-6,9H,2-4,7-8,10,15H2,1H3. The van der Waals surface area contributed by atoms with Gasteiger partial charge in [-0.15, -0.1) is 0 Å². The average Bonchev–Trinajstić information content (AvgIpc) is 2.45. The van der Waals surface area contributed by atoms with Gasteiger partial charge >= 0.3 is 5.97 Å². The maximum Gasteiger partial charge on any atom is 0.343 e. The molecule has 0 bridgehead atoms. The second kappa shape index (κ2) is 6.02. The number of methoxy groups -OCH3 is 1. The third-order valence-corrected chi connectivity index (χ3v) is 3.52. The first-order chi connectivity index (χ1) is 9.14. The normalized spacial score (nSPS) is 17.8. The minimum absolute atomic E-state index is 0.296. The molecule has 19 heavy (non-hydrogen) atoms. The molecule has 5 heteroatoms. The SMILES string of the molecule is COC(=O)c1cccnc1OCC1(N)CCCCC1. The molecule has 1 aliphatic rings. The first kappa shape index (κ1) is 13.8. The summed E-state index contributed by atoms with van der Waals surface area (Å²) < 4.78 is 10.4. The molecular formula is C14H20N2O3. The Morgan fingerprint density at radius 2 is 2.16 bits per heavy atom. The molecule has 0 spiro atoms. The maximum atomic E-state index is 11.6. The van der Waals surface area contributed by atoms with Gasteiger partial charge in [0.1, 0.15) is 12.2 Å². The summed E-state index contributed by atoms with van der Waals surface area (Å²) in [5.41, 5.74) is 6.33. The van der Waals surface area contributed by atoms with Crippen LogP contribution in [0.3, 0.4) is 0 Å². The van der Waals surface area contributed by atoms with Crippen LogP contribution in [-0.2, 0) is 4.74 Å². The number of carbonyl (C=O) groups excluding carboxylic acids is 1. The number of carbonyl (C=O) groups is 1. The van der Waals surface area contributed by atoms with E-state index in [1.807, 2.05) is 0 Å². The number of rotatable bonds is 4. The molecule has 1 aromatic heterocycles. The number of aromatic nitrogens is 1. The second-order valence-electron chi connectivity index (χ2n) is 5.06. The maximum absolute atomic E-state index is 11.6. The summed E-state index contributed by atoms with van der Waals surface area (Å²) >= 11 is 0. The van der Waals surface area contributed by atoms with E-state index in [0.717, 1.165) is 25.7 Å². The van der Waals surface area contributed by atoms with Crippen molar-refractivity contribution in [3.05, 3.63) is 23.9 Å². The number of ether oxygens (including phenoxy) is 2. The van der Waals surface area contributed by atoms with Gasteiger partial charge in [-0.05, 0) is 25.0 Å². The molecule has 104 valence electrons. The summed E-state index contributed by atoms with van der Waals surface area (Å²) in [6.07, 6.45) is 6.99. The molecule has 2 N–H and O–H groups in total. The lowest BCUT2D eigenvalue weighted by Crippen LogP contribution is -2.47. The summed E-state index contributed by atoms with van der Waals surface area (Å²) in [7, 11) is 1.34. The largest absolute Gasteiger partial charge is 0.475 e. The van der Waals surface area contributed by atoms with Crippen LogP contribution in [0.1, 0.15) is 42.5 Å². The van der Waals surface area contributed by atoms with E-state index in [9.17, 15) is 4.79 Å². The summed E-state index contributed by atoms with van der Waals surface area (Å²) in [5, 5.41) is 0. The van der Waals surface area contributed by atoms with E-state index in [0.29, 0.717) is 18.1 Å². The van der Waals surface area contributed by atoms with Gasteiger partial charge < -0.3 is 15.2 Å². The van der Waals surface area contributed by atoms with Crippen LogP contribution in [0.25, 0.3) is 0 Å². The Labute approximate surface area is 113 Å². The minimum atomic E-state index is -0.446. The van der Waals surface area contributed by atoms with Crippen molar-refractivity contribution >= 4 is 5.97 Å². The Hall–Kier alpha value is -1.62. The van der Waals surface area contributed by atoms with Gasteiger partial charge in [0.25, 0.3) is 0 Å². The third kappa shape index (κ3) is 3.44. The van der Waals surface area contributed by atoms with Crippen molar-refractivity contribution in [1.29, 1.82) is 0 Å². The molecule has 0 aliphatic heterocycles. The lowest BCUT2D eigenvalue weighted by Gasteiger charge is -2.32. The predicted molar refractivity (Wildman–Crippen MR) is 71.1 cm³/mol. The first-order valence-electron chi connectivity index (χ1n) is 6.60. The van der Waals surface area contributed by atoms with Crippen LogP contribution in [0.2, 0.25) is 0 Å². The summed E-state index contributed by atoms with van der Waals surface area (Å²) in [5.74, 6) is -0.150. The quantitative estimate of drug-likeness (QED) is 0.841. The summed E-state index contributed by atoms with van der Waals surface area (Å²) in [6, 6.07) is 3.32. The van der Waals surface area contributed by atoms with Crippen LogP contribution in [0.4, 0.5) is 0 Å². The van der Waals surface area contributed by atoms with Crippen LogP contribution < -0.4 is 10.5 Å². The Balaban J connectivity index is 2.04. The van der Waals surface area contributed by atoms with Crippen molar-refractivity contribution in [1.82, 2.24) is 4.98 Å². The minimum Gasteiger partial charge on any atom is -0.475 e. The van der Waals surface area contributed by atoms with E-state index in [-0.39, 0.29) is 5.54 Å². The van der Waals surface area contributed by atoms with Gasteiger partial charge in [0, 0.05) is 6.20 Å². The van der Waals surface area contributed by atoms with Gasteiger partial charge in [-0.1, -0.05) is 19.3 Å². The lowest BCUT2D eigenvalue weighted by molar-refractivity contribution is 0.0592. The van der Waals surface area contributed by atoms with Crippen molar-refractivity contribution in [2.45, 2.75) is 37.6 Å². The van der Waals surface area contributed by atoms with Crippen LogP contribution >= 0.6 is 0 Å². The van der Waals surface area contributed by atoms with Crippen molar-refractivity contribution < 1.29 is 14.3 Å². The first-order valence-corrected chi connectivity index (χ1v) is 6.60. The molecule has 0 radical (unpaired) electrons. The van der Waals surface area contributed by atoms with Gasteiger partial charge in [-0.25, -0.2) is 9.78 Å². The summed E-state index contributed by atoms with van der Waals surface area (Å²) in [4.78, 5) is 15.7. The Kier molecular flexibility index (Phi) is 4.37. The van der Waals surface area contributed by atoms with Gasteiger partial charge in [0.15, 0.2) is 0 Å². The molecule has 1 aliphatic carbocycles. The molecule has 1 fully saturated rings. The highest BCUT2D eigenvalue weighted by molar-refractivity contribution is 5.91. The number of nitrogens with two attached hydrogens (primary N) is 1. The van der Waals surface area contributed by atoms with Gasteiger partial charge in [0.2, 0.25) is 5.88 Å². The zero-order chi connectivity index (χ0) is 13.7. The number of esters is 1. The molecule has 0 aromatic carbocycles. The van der Waals surface area contributed by atoms with E-state index in [1.54, 1.807) is 18.3 Å². The highest BCUT2D eigenvalue weighted by Crippen LogP contribution is 2.27. The Morgan fingerprint density at radius 3 is 2.84 bits per heavy atom. The van der Waals surface area contributed by atoms with E-state index < -0.39 is 5.97 Å². The third-order valence-electron chi connectivity index (χ3n) is 3.52. The fourth-order valence-corrected chi connectivity index (χ4v) is 2.38. The molecular weight excluding hydrogens is 244 g/mol. The number of pyridine rings is 1. The van der Waals surface area contributed by atoms with Crippen LogP contribution in [-0.4, -0.2) is 30.2 Å². The fraction of sp³-hybridized carbons (Fsp3) is 0.571. The smallest absolute Gasteiger partial charge is 0.343 e. The van der Waals surface area contributed by atoms with Gasteiger partial charge in [-0.3, -0.25) is 0 Å². The van der Waals surface area contributed by atoms with E-state index >= 15 is 0 Å². The van der Waals surface area contributed by atoms with Crippen molar-refractivity contribution in [2.75, 3.05) is 13.7 Å².